The molecule has 3 heteroatoms. The quantitative estimate of drug-likeness (QED) is 0.256. The first-order chi connectivity index (χ1) is 19.7. The molecule has 0 aromatic heterocycles. The fraction of sp³-hybridized carbons (Fsp3) is 0.275. The third-order valence-electron chi connectivity index (χ3n) is 8.90. The van der Waals surface area contributed by atoms with E-state index in [1.807, 2.05) is 0 Å². The molecular formula is C40H42Cl2Zr. The summed E-state index contributed by atoms with van der Waals surface area (Å²) in [6.07, 6.45) is 8.78. The van der Waals surface area contributed by atoms with Gasteiger partial charge in [0.2, 0.25) is 0 Å². The molecule has 1 unspecified atom stereocenters. The maximum absolute atomic E-state index is 2.75. The maximum Gasteiger partial charge on any atom is -1.00 e. The van der Waals surface area contributed by atoms with Crippen molar-refractivity contribution in [2.24, 2.45) is 11.3 Å². The summed E-state index contributed by atoms with van der Waals surface area (Å²) in [5.41, 5.74) is 13.1. The molecule has 0 saturated carbocycles. The van der Waals surface area contributed by atoms with Gasteiger partial charge in [-0.3, -0.25) is 0 Å². The fourth-order valence-electron chi connectivity index (χ4n) is 6.62. The van der Waals surface area contributed by atoms with Crippen LogP contribution in [0.4, 0.5) is 0 Å². The van der Waals surface area contributed by atoms with Crippen LogP contribution in [0.5, 0.6) is 0 Å². The maximum atomic E-state index is 2.67. The van der Waals surface area contributed by atoms with Gasteiger partial charge in [0.1, 0.15) is 0 Å². The SMILES string of the molecule is CCCC1C=C(C(C)(C)C)C=[C]1[Zr+2](=[C](c1ccc(C)cc1)c1ccc(C)cc1)[c]1cccc2c1Cc1ccccc1-2.[Cl-].[Cl-]. The van der Waals surface area contributed by atoms with Crippen molar-refractivity contribution in [2.45, 2.75) is 60.8 Å². The summed E-state index contributed by atoms with van der Waals surface area (Å²) in [5.74, 6) is 0.522. The molecule has 0 bridgehead atoms. The van der Waals surface area contributed by atoms with E-state index in [0.29, 0.717) is 5.92 Å². The number of hydrogen-bond donors (Lipinski definition) is 0. The molecule has 43 heavy (non-hydrogen) atoms. The van der Waals surface area contributed by atoms with Crippen LogP contribution in [-0.2, 0) is 27.7 Å². The molecule has 1 atom stereocenters. The molecule has 4 aromatic rings. The monoisotopic (exact) mass is 682 g/mol. The van der Waals surface area contributed by atoms with E-state index in [9.17, 15) is 0 Å². The van der Waals surface area contributed by atoms with Gasteiger partial charge in [-0.1, -0.05) is 0 Å². The second kappa shape index (κ2) is 13.8. The molecule has 2 aliphatic carbocycles. The number of allylic oxidation sites excluding steroid dienone is 4. The Bertz CT molecular complexity index is 1650. The first kappa shape index (κ1) is 33.6. The Morgan fingerprint density at radius 3 is 1.91 bits per heavy atom. The summed E-state index contributed by atoms with van der Waals surface area (Å²) in [7, 11) is 0. The van der Waals surface area contributed by atoms with Crippen LogP contribution in [0.2, 0.25) is 0 Å². The molecule has 2 aliphatic rings. The average Bonchev–Trinajstić information content (AvgIpc) is 3.55. The van der Waals surface area contributed by atoms with E-state index in [1.54, 1.807) is 15.3 Å². The van der Waals surface area contributed by atoms with Gasteiger partial charge in [0, 0.05) is 0 Å². The molecule has 4 aromatic carbocycles. The van der Waals surface area contributed by atoms with Crippen LogP contribution in [0.15, 0.2) is 112 Å². The van der Waals surface area contributed by atoms with E-state index in [1.165, 1.54) is 57.4 Å². The fourth-order valence-corrected chi connectivity index (χ4v) is 15.1. The number of halogens is 2. The van der Waals surface area contributed by atoms with Gasteiger partial charge in [-0.05, 0) is 0 Å². The van der Waals surface area contributed by atoms with Crippen LogP contribution >= 0.6 is 0 Å². The zero-order valence-corrected chi connectivity index (χ0v) is 30.2. The molecule has 0 spiro atoms. The van der Waals surface area contributed by atoms with Crippen molar-refractivity contribution in [2.75, 3.05) is 0 Å². The number of hydrogen-bond acceptors (Lipinski definition) is 0. The van der Waals surface area contributed by atoms with Crippen LogP contribution in [0, 0.1) is 25.2 Å². The van der Waals surface area contributed by atoms with Crippen molar-refractivity contribution < 1.29 is 46.1 Å². The van der Waals surface area contributed by atoms with Crippen molar-refractivity contribution in [1.29, 1.82) is 0 Å². The van der Waals surface area contributed by atoms with Crippen LogP contribution in [0.3, 0.4) is 0 Å². The summed E-state index contributed by atoms with van der Waals surface area (Å²) in [6, 6.07) is 35.1. The normalized spacial score (nSPS) is 14.8. The molecule has 0 heterocycles. The topological polar surface area (TPSA) is 0 Å². The minimum Gasteiger partial charge on any atom is -1.00 e. The summed E-state index contributed by atoms with van der Waals surface area (Å²) >= 11 is -2.75. The molecule has 0 saturated heterocycles. The van der Waals surface area contributed by atoms with Gasteiger partial charge in [-0.25, -0.2) is 0 Å². The minimum absolute atomic E-state index is 0. The molecule has 6 rings (SSSR count). The second-order valence-electron chi connectivity index (χ2n) is 13.0. The van der Waals surface area contributed by atoms with E-state index in [2.05, 4.69) is 145 Å². The summed E-state index contributed by atoms with van der Waals surface area (Å²) in [6.45, 7) is 13.9. The summed E-state index contributed by atoms with van der Waals surface area (Å²) < 4.78 is 5.03. The van der Waals surface area contributed by atoms with E-state index >= 15 is 0 Å². The molecule has 0 nitrogen and oxygen atoms in total. The molecule has 0 N–H and O–H groups in total. The summed E-state index contributed by atoms with van der Waals surface area (Å²) in [4.78, 5) is 0. The summed E-state index contributed by atoms with van der Waals surface area (Å²) in [5, 5.41) is 0. The number of fused-ring (bicyclic) bond motifs is 3. The first-order valence-electron chi connectivity index (χ1n) is 15.3. The second-order valence-corrected chi connectivity index (χ2v) is 18.8. The van der Waals surface area contributed by atoms with Crippen molar-refractivity contribution in [3.05, 3.63) is 145 Å². The van der Waals surface area contributed by atoms with Gasteiger partial charge < -0.3 is 24.8 Å². The zero-order valence-electron chi connectivity index (χ0n) is 26.3. The van der Waals surface area contributed by atoms with E-state index in [0.717, 1.165) is 6.42 Å². The van der Waals surface area contributed by atoms with Gasteiger partial charge in [-0.2, -0.15) is 0 Å². The number of aryl methyl sites for hydroxylation is 2. The first-order valence-corrected chi connectivity index (χ1v) is 19.0. The molecule has 0 amide bonds. The van der Waals surface area contributed by atoms with Gasteiger partial charge in [-0.15, -0.1) is 0 Å². The van der Waals surface area contributed by atoms with Crippen LogP contribution < -0.4 is 28.1 Å². The number of rotatable bonds is 6. The predicted octanol–water partition coefficient (Wildman–Crippen LogP) is 3.68. The van der Waals surface area contributed by atoms with Crippen LogP contribution in [0.1, 0.15) is 73.9 Å². The smallest absolute Gasteiger partial charge is 1.00 e. The van der Waals surface area contributed by atoms with Crippen molar-refractivity contribution in [3.63, 3.8) is 0 Å². The Morgan fingerprint density at radius 2 is 1.33 bits per heavy atom. The van der Waals surface area contributed by atoms with Crippen molar-refractivity contribution in [1.82, 2.24) is 0 Å². The van der Waals surface area contributed by atoms with Gasteiger partial charge in [0.05, 0.1) is 0 Å². The van der Waals surface area contributed by atoms with Gasteiger partial charge >= 0.3 is 256 Å². The van der Waals surface area contributed by atoms with Crippen molar-refractivity contribution in [3.8, 4) is 11.1 Å². The molecular weight excluding hydrogens is 643 g/mol. The van der Waals surface area contributed by atoms with Crippen LogP contribution in [0.25, 0.3) is 11.1 Å². The molecule has 220 valence electrons. The Morgan fingerprint density at radius 1 is 0.744 bits per heavy atom. The zero-order chi connectivity index (χ0) is 28.7. The average molecular weight is 685 g/mol. The number of benzene rings is 4. The van der Waals surface area contributed by atoms with Crippen molar-refractivity contribution >= 4 is 6.48 Å². The predicted molar refractivity (Wildman–Crippen MR) is 174 cm³/mol. The van der Waals surface area contributed by atoms with Gasteiger partial charge in [0.15, 0.2) is 0 Å². The Hall–Kier alpha value is -2.31. The standard InChI is InChI=1S/C15H14.C13H9.C12H19.2ClH.Zr/c1-12-3-7-14(8-4-12)11-15-9-5-13(2)6-10-15;1-3-7-12-10(5-1)9-11-6-2-4-8-13(11)12;1-5-6-10-7-8-11(9-10)12(2,3)4;;;/h3-10H,1-2H3;1-5,7-8H,9H2;8-10H,5-6H2,1-4H3;2*1H;/q;;;;;+2/p-2. The van der Waals surface area contributed by atoms with E-state index in [-0.39, 0.29) is 30.2 Å². The molecule has 0 fully saturated rings. The Kier molecular flexibility index (Phi) is 10.8. The van der Waals surface area contributed by atoms with Crippen LogP contribution in [-0.4, -0.2) is 3.21 Å². The Balaban J connectivity index is 0.00000212. The third-order valence-corrected chi connectivity index (χ3v) is 16.7. The molecule has 0 aliphatic heterocycles. The minimum atomic E-state index is -2.75. The Labute approximate surface area is 279 Å². The van der Waals surface area contributed by atoms with E-state index in [4.69, 9.17) is 0 Å². The third kappa shape index (κ3) is 6.71. The largest absolute Gasteiger partial charge is 1.00 e. The molecule has 0 radical (unpaired) electrons. The van der Waals surface area contributed by atoms with E-state index < -0.39 is 21.3 Å². The van der Waals surface area contributed by atoms with Gasteiger partial charge in [0.25, 0.3) is 0 Å².